The minimum absolute atomic E-state index is 0.110. The molecule has 0 atom stereocenters. The normalized spacial score (nSPS) is 10.3. The quantitative estimate of drug-likeness (QED) is 0.612. The second-order valence-corrected chi connectivity index (χ2v) is 5.89. The van der Waals surface area contributed by atoms with Gasteiger partial charge in [-0.2, -0.15) is 0 Å². The number of phenolic OH excluding ortho intramolecular Hbond substituents is 1. The van der Waals surface area contributed by atoms with Crippen LogP contribution in [0.15, 0.2) is 60.8 Å². The molecule has 3 rings (SSSR count). The molecule has 4 N–H and O–H groups in total. The summed E-state index contributed by atoms with van der Waals surface area (Å²) in [6.45, 7) is 2.20. The monoisotopic (exact) mass is 349 g/mol. The molecule has 1 aromatic heterocycles. The van der Waals surface area contributed by atoms with E-state index in [2.05, 4.69) is 10.3 Å². The van der Waals surface area contributed by atoms with Crippen LogP contribution in [0.25, 0.3) is 0 Å². The van der Waals surface area contributed by atoms with E-state index in [4.69, 9.17) is 10.5 Å². The Labute approximate surface area is 151 Å². The van der Waals surface area contributed by atoms with Gasteiger partial charge in [0.25, 0.3) is 5.91 Å². The number of carbonyl (C=O) groups is 1. The lowest BCUT2D eigenvalue weighted by Crippen LogP contribution is -2.13. The number of benzene rings is 2. The summed E-state index contributed by atoms with van der Waals surface area (Å²) >= 11 is 0. The molecule has 0 saturated heterocycles. The molecule has 3 aromatic rings. The molecule has 1 heterocycles. The molecule has 0 unspecified atom stereocenters. The van der Waals surface area contributed by atoms with Crippen molar-refractivity contribution in [2.24, 2.45) is 0 Å². The number of aryl methyl sites for hydroxylation is 1. The number of nitrogen functional groups attached to an aromatic ring is 1. The highest BCUT2D eigenvalue weighted by molar-refractivity contribution is 6.05. The van der Waals surface area contributed by atoms with Crippen molar-refractivity contribution in [1.29, 1.82) is 0 Å². The van der Waals surface area contributed by atoms with Crippen molar-refractivity contribution in [2.45, 2.75) is 13.5 Å². The second kappa shape index (κ2) is 7.57. The third-order valence-corrected chi connectivity index (χ3v) is 3.73. The van der Waals surface area contributed by atoms with E-state index in [9.17, 15) is 9.90 Å². The number of phenols is 1. The Morgan fingerprint density at radius 1 is 1.19 bits per heavy atom. The predicted molar refractivity (Wildman–Crippen MR) is 100 cm³/mol. The number of nitrogens with one attached hydrogen (secondary N) is 1. The predicted octanol–water partition coefficient (Wildman–Crippen LogP) is 3.51. The first-order chi connectivity index (χ1) is 12.5. The fourth-order valence-electron chi connectivity index (χ4n) is 2.42. The topological polar surface area (TPSA) is 97.5 Å². The second-order valence-electron chi connectivity index (χ2n) is 5.89. The van der Waals surface area contributed by atoms with Crippen LogP contribution in [0, 0.1) is 6.92 Å². The molecule has 2 aromatic carbocycles. The largest absolute Gasteiger partial charge is 0.507 e. The molecule has 1 amide bonds. The van der Waals surface area contributed by atoms with E-state index in [0.29, 0.717) is 23.9 Å². The van der Waals surface area contributed by atoms with Crippen LogP contribution in [-0.4, -0.2) is 16.0 Å². The van der Waals surface area contributed by atoms with Gasteiger partial charge in [0.2, 0.25) is 0 Å². The highest BCUT2D eigenvalue weighted by Crippen LogP contribution is 2.25. The maximum atomic E-state index is 12.4. The fourth-order valence-corrected chi connectivity index (χ4v) is 2.42. The number of hydrogen-bond acceptors (Lipinski definition) is 5. The van der Waals surface area contributed by atoms with Crippen LogP contribution in [0.1, 0.15) is 21.5 Å². The van der Waals surface area contributed by atoms with Crippen LogP contribution in [-0.2, 0) is 6.61 Å². The van der Waals surface area contributed by atoms with E-state index in [-0.39, 0.29) is 11.3 Å². The molecule has 6 heteroatoms. The number of anilines is 2. The summed E-state index contributed by atoms with van der Waals surface area (Å²) in [4.78, 5) is 16.5. The molecule has 6 nitrogen and oxygen atoms in total. The Morgan fingerprint density at radius 2 is 2.04 bits per heavy atom. The Kier molecular flexibility index (Phi) is 5.03. The molecule has 0 aliphatic rings. The first-order valence-corrected chi connectivity index (χ1v) is 8.05. The van der Waals surface area contributed by atoms with Crippen LogP contribution < -0.4 is 15.8 Å². The highest BCUT2D eigenvalue weighted by atomic mass is 16.5. The van der Waals surface area contributed by atoms with Gasteiger partial charge in [-0.05, 0) is 60.5 Å². The van der Waals surface area contributed by atoms with Gasteiger partial charge in [0.05, 0.1) is 5.56 Å². The summed E-state index contributed by atoms with van der Waals surface area (Å²) < 4.78 is 5.70. The average Bonchev–Trinajstić information content (AvgIpc) is 2.61. The Balaban J connectivity index is 1.73. The molecule has 0 aliphatic carbocycles. The zero-order chi connectivity index (χ0) is 18.5. The number of hydrogen-bond donors (Lipinski definition) is 3. The maximum absolute atomic E-state index is 12.4. The van der Waals surface area contributed by atoms with Gasteiger partial charge in [-0.1, -0.05) is 12.1 Å². The van der Waals surface area contributed by atoms with E-state index in [1.54, 1.807) is 24.4 Å². The molecule has 132 valence electrons. The van der Waals surface area contributed by atoms with Crippen LogP contribution in [0.4, 0.5) is 11.5 Å². The van der Waals surface area contributed by atoms with Crippen LogP contribution in [0.5, 0.6) is 11.5 Å². The van der Waals surface area contributed by atoms with Gasteiger partial charge in [-0.15, -0.1) is 0 Å². The number of rotatable bonds is 5. The number of amides is 1. The summed E-state index contributed by atoms with van der Waals surface area (Å²) in [5, 5.41) is 12.7. The lowest BCUT2D eigenvalue weighted by molar-refractivity contribution is 0.102. The first-order valence-electron chi connectivity index (χ1n) is 8.05. The lowest BCUT2D eigenvalue weighted by atomic mass is 10.1. The van der Waals surface area contributed by atoms with E-state index in [1.165, 1.54) is 12.1 Å². The molecule has 0 radical (unpaired) electrons. The Morgan fingerprint density at radius 3 is 2.81 bits per heavy atom. The minimum atomic E-state index is -0.463. The zero-order valence-electron chi connectivity index (χ0n) is 14.3. The zero-order valence-corrected chi connectivity index (χ0v) is 14.3. The number of pyridine rings is 1. The summed E-state index contributed by atoms with van der Waals surface area (Å²) in [6.07, 6.45) is 1.61. The standard InChI is InChI=1S/C20H19N3O3/c1-13-7-8-22-19(9-13)23-20(25)17-11-16(5-6-18(17)24)26-12-14-3-2-4-15(21)10-14/h2-11,24H,12,21H2,1H3,(H,22,23,25). The van der Waals surface area contributed by atoms with Gasteiger partial charge in [-0.3, -0.25) is 4.79 Å². The van der Waals surface area contributed by atoms with E-state index >= 15 is 0 Å². The molecule has 0 aliphatic heterocycles. The van der Waals surface area contributed by atoms with Crippen molar-refractivity contribution in [3.05, 3.63) is 77.5 Å². The lowest BCUT2D eigenvalue weighted by Gasteiger charge is -2.10. The molecular formula is C20H19N3O3. The Bertz CT molecular complexity index is 941. The van der Waals surface area contributed by atoms with Crippen molar-refractivity contribution < 1.29 is 14.6 Å². The van der Waals surface area contributed by atoms with Crippen molar-refractivity contribution in [1.82, 2.24) is 4.98 Å². The van der Waals surface area contributed by atoms with Gasteiger partial charge in [0, 0.05) is 11.9 Å². The fraction of sp³-hybridized carbons (Fsp3) is 0.100. The van der Waals surface area contributed by atoms with Gasteiger partial charge >= 0.3 is 0 Å². The minimum Gasteiger partial charge on any atom is -0.507 e. The van der Waals surface area contributed by atoms with Crippen molar-refractivity contribution >= 4 is 17.4 Å². The number of aromatic nitrogens is 1. The molecule has 26 heavy (non-hydrogen) atoms. The van der Waals surface area contributed by atoms with Crippen molar-refractivity contribution in [2.75, 3.05) is 11.1 Å². The summed E-state index contributed by atoms with van der Waals surface area (Å²) in [7, 11) is 0. The van der Waals surface area contributed by atoms with E-state index < -0.39 is 5.91 Å². The number of carbonyl (C=O) groups excluding carboxylic acids is 1. The first kappa shape index (κ1) is 17.3. The van der Waals surface area contributed by atoms with Gasteiger partial charge in [-0.25, -0.2) is 4.98 Å². The number of ether oxygens (including phenoxy) is 1. The van der Waals surface area contributed by atoms with Gasteiger partial charge in [0.1, 0.15) is 23.9 Å². The third-order valence-electron chi connectivity index (χ3n) is 3.73. The average molecular weight is 349 g/mol. The van der Waals surface area contributed by atoms with Crippen molar-refractivity contribution in [3.63, 3.8) is 0 Å². The summed E-state index contributed by atoms with van der Waals surface area (Å²) in [5.74, 6) is 0.287. The van der Waals surface area contributed by atoms with E-state index in [1.807, 2.05) is 31.2 Å². The molecule has 0 fully saturated rings. The molecular weight excluding hydrogens is 330 g/mol. The van der Waals surface area contributed by atoms with E-state index in [0.717, 1.165) is 11.1 Å². The number of nitrogens with zero attached hydrogens (tertiary/aromatic N) is 1. The SMILES string of the molecule is Cc1ccnc(NC(=O)c2cc(OCc3cccc(N)c3)ccc2O)c1. The molecule has 0 saturated carbocycles. The van der Waals surface area contributed by atoms with Crippen molar-refractivity contribution in [3.8, 4) is 11.5 Å². The molecule has 0 spiro atoms. The van der Waals surface area contributed by atoms with Crippen LogP contribution in [0.3, 0.4) is 0 Å². The summed E-state index contributed by atoms with van der Waals surface area (Å²) in [5.41, 5.74) is 8.39. The van der Waals surface area contributed by atoms with Gasteiger partial charge in [0.15, 0.2) is 0 Å². The summed E-state index contributed by atoms with van der Waals surface area (Å²) in [6, 6.07) is 15.5. The number of aromatic hydroxyl groups is 1. The van der Waals surface area contributed by atoms with Gasteiger partial charge < -0.3 is 20.9 Å². The maximum Gasteiger partial charge on any atom is 0.260 e. The van der Waals surface area contributed by atoms with Crippen LogP contribution in [0.2, 0.25) is 0 Å². The van der Waals surface area contributed by atoms with Crippen LogP contribution >= 0.6 is 0 Å². The Hall–Kier alpha value is -3.54. The highest BCUT2D eigenvalue weighted by Gasteiger charge is 2.13. The number of nitrogens with two attached hydrogens (primary N) is 1. The molecule has 0 bridgehead atoms. The third kappa shape index (κ3) is 4.30. The smallest absolute Gasteiger partial charge is 0.260 e.